The molecule has 0 aliphatic heterocycles. The maximum atomic E-state index is 4.09. The van der Waals surface area contributed by atoms with Gasteiger partial charge in [-0.2, -0.15) is 0 Å². The van der Waals surface area contributed by atoms with Gasteiger partial charge in [-0.25, -0.2) is 0 Å². The lowest BCUT2D eigenvalue weighted by Crippen LogP contribution is -2.32. The number of nitrogens with zero attached hydrogens (tertiary/aromatic N) is 1. The highest BCUT2D eigenvalue weighted by molar-refractivity contribution is 7.09. The number of nitrogens with one attached hydrogen (secondary N) is 1. The van der Waals surface area contributed by atoms with Gasteiger partial charge in [-0.15, -0.1) is 11.3 Å². The highest BCUT2D eigenvalue weighted by atomic mass is 32.1. The zero-order valence-corrected chi connectivity index (χ0v) is 10.2. The summed E-state index contributed by atoms with van der Waals surface area (Å²) in [6, 6.07) is 0.745. The van der Waals surface area contributed by atoms with Gasteiger partial charge >= 0.3 is 0 Å². The van der Waals surface area contributed by atoms with E-state index in [1.165, 1.54) is 37.0 Å². The highest BCUT2D eigenvalue weighted by Gasteiger charge is 2.19. The first-order chi connectivity index (χ1) is 7.38. The maximum Gasteiger partial charge on any atom is 0.0794 e. The second-order valence-electron chi connectivity index (χ2n) is 4.47. The lowest BCUT2D eigenvalue weighted by molar-refractivity contribution is 0.285. The molecule has 0 aromatic carbocycles. The van der Waals surface area contributed by atoms with Gasteiger partial charge in [0.1, 0.15) is 0 Å². The molecule has 1 aliphatic carbocycles. The Morgan fingerprint density at radius 1 is 1.40 bits per heavy atom. The maximum absolute atomic E-state index is 4.09. The summed E-state index contributed by atoms with van der Waals surface area (Å²) in [5, 5.41) is 3.64. The van der Waals surface area contributed by atoms with Crippen molar-refractivity contribution in [3.63, 3.8) is 0 Å². The van der Waals surface area contributed by atoms with Crippen LogP contribution in [0.25, 0.3) is 0 Å². The molecule has 1 heterocycles. The summed E-state index contributed by atoms with van der Waals surface area (Å²) >= 11 is 1.74. The van der Waals surface area contributed by atoms with E-state index in [-0.39, 0.29) is 0 Å². The number of hydrogen-bond acceptors (Lipinski definition) is 3. The summed E-state index contributed by atoms with van der Waals surface area (Å²) in [6.45, 7) is 3.32. The normalized spacial score (nSPS) is 26.7. The van der Waals surface area contributed by atoms with E-state index in [0.717, 1.165) is 18.5 Å². The molecule has 15 heavy (non-hydrogen) atoms. The van der Waals surface area contributed by atoms with Crippen molar-refractivity contribution >= 4 is 11.3 Å². The average Bonchev–Trinajstić information content (AvgIpc) is 2.80. The Labute approximate surface area is 96.1 Å². The molecular formula is C12H20N2S. The summed E-state index contributed by atoms with van der Waals surface area (Å²) < 4.78 is 0. The molecule has 0 spiro atoms. The molecule has 1 N–H and O–H groups in total. The van der Waals surface area contributed by atoms with Crippen molar-refractivity contribution in [3.05, 3.63) is 16.6 Å². The SMILES string of the molecule is CCC1CCC(NCc2cncs2)CC1. The Morgan fingerprint density at radius 2 is 2.20 bits per heavy atom. The molecule has 1 aromatic heterocycles. The van der Waals surface area contributed by atoms with Crippen molar-refractivity contribution in [2.45, 2.75) is 51.6 Å². The minimum Gasteiger partial charge on any atom is -0.309 e. The molecule has 3 heteroatoms. The van der Waals surface area contributed by atoms with Gasteiger partial charge in [-0.3, -0.25) is 4.98 Å². The van der Waals surface area contributed by atoms with E-state index in [2.05, 4.69) is 17.2 Å². The summed E-state index contributed by atoms with van der Waals surface area (Å²) in [4.78, 5) is 5.44. The first kappa shape index (κ1) is 11.1. The Balaban J connectivity index is 1.69. The van der Waals surface area contributed by atoms with E-state index < -0.39 is 0 Å². The molecule has 0 radical (unpaired) electrons. The number of aromatic nitrogens is 1. The molecule has 2 rings (SSSR count). The molecule has 0 amide bonds. The third-order valence-electron chi connectivity index (χ3n) is 3.47. The van der Waals surface area contributed by atoms with E-state index in [1.807, 2.05) is 11.7 Å². The van der Waals surface area contributed by atoms with Gasteiger partial charge in [0.25, 0.3) is 0 Å². The third-order valence-corrected chi connectivity index (χ3v) is 4.25. The molecule has 0 atom stereocenters. The van der Waals surface area contributed by atoms with Gasteiger partial charge < -0.3 is 5.32 Å². The largest absolute Gasteiger partial charge is 0.309 e. The molecule has 1 aromatic rings. The first-order valence-electron chi connectivity index (χ1n) is 5.99. The van der Waals surface area contributed by atoms with E-state index in [9.17, 15) is 0 Å². The average molecular weight is 224 g/mol. The van der Waals surface area contributed by atoms with Crippen LogP contribution < -0.4 is 5.32 Å². The van der Waals surface area contributed by atoms with Gasteiger partial charge in [-0.1, -0.05) is 13.3 Å². The lowest BCUT2D eigenvalue weighted by Gasteiger charge is -2.28. The van der Waals surface area contributed by atoms with Gasteiger partial charge in [0, 0.05) is 23.7 Å². The number of thiazole rings is 1. The van der Waals surface area contributed by atoms with Crippen molar-refractivity contribution in [1.29, 1.82) is 0 Å². The Hall–Kier alpha value is -0.410. The minimum absolute atomic E-state index is 0.745. The Kier molecular flexibility index (Phi) is 4.15. The molecule has 2 nitrogen and oxygen atoms in total. The molecule has 1 fully saturated rings. The van der Waals surface area contributed by atoms with Crippen LogP contribution in [-0.2, 0) is 6.54 Å². The lowest BCUT2D eigenvalue weighted by atomic mass is 9.84. The number of hydrogen-bond donors (Lipinski definition) is 1. The zero-order chi connectivity index (χ0) is 10.5. The van der Waals surface area contributed by atoms with E-state index in [1.54, 1.807) is 11.3 Å². The van der Waals surface area contributed by atoms with Crippen LogP contribution in [0.4, 0.5) is 0 Å². The molecule has 0 unspecified atom stereocenters. The fourth-order valence-corrected chi connectivity index (χ4v) is 2.89. The van der Waals surface area contributed by atoms with E-state index in [0.29, 0.717) is 0 Å². The van der Waals surface area contributed by atoms with Crippen molar-refractivity contribution in [1.82, 2.24) is 10.3 Å². The Morgan fingerprint density at radius 3 is 2.80 bits per heavy atom. The predicted octanol–water partition coefficient (Wildman–Crippen LogP) is 3.20. The molecular weight excluding hydrogens is 204 g/mol. The van der Waals surface area contributed by atoms with Gasteiger partial charge in [0.15, 0.2) is 0 Å². The third kappa shape index (κ3) is 3.28. The van der Waals surface area contributed by atoms with Crippen LogP contribution in [0.15, 0.2) is 11.7 Å². The Bertz CT molecular complexity index is 263. The van der Waals surface area contributed by atoms with Crippen LogP contribution in [0, 0.1) is 5.92 Å². The quantitative estimate of drug-likeness (QED) is 0.849. The standard InChI is InChI=1S/C12H20N2S/c1-2-10-3-5-11(6-4-10)14-8-12-7-13-9-15-12/h7,9-11,14H,2-6,8H2,1H3. The summed E-state index contributed by atoms with van der Waals surface area (Å²) in [7, 11) is 0. The molecule has 0 bridgehead atoms. The van der Waals surface area contributed by atoms with Crippen LogP contribution in [0.5, 0.6) is 0 Å². The molecule has 84 valence electrons. The second-order valence-corrected chi connectivity index (χ2v) is 5.45. The van der Waals surface area contributed by atoms with Crippen LogP contribution in [-0.4, -0.2) is 11.0 Å². The first-order valence-corrected chi connectivity index (χ1v) is 6.87. The zero-order valence-electron chi connectivity index (χ0n) is 9.41. The van der Waals surface area contributed by atoms with Gasteiger partial charge in [0.05, 0.1) is 5.51 Å². The fourth-order valence-electron chi connectivity index (χ4n) is 2.35. The van der Waals surface area contributed by atoms with Crippen LogP contribution in [0.3, 0.4) is 0 Å². The second kappa shape index (κ2) is 5.61. The fraction of sp³-hybridized carbons (Fsp3) is 0.750. The molecule has 1 saturated carbocycles. The summed E-state index contributed by atoms with van der Waals surface area (Å²) in [6.07, 6.45) is 8.87. The van der Waals surface area contributed by atoms with E-state index >= 15 is 0 Å². The van der Waals surface area contributed by atoms with Crippen LogP contribution >= 0.6 is 11.3 Å². The smallest absolute Gasteiger partial charge is 0.0794 e. The molecule has 1 aliphatic rings. The monoisotopic (exact) mass is 224 g/mol. The van der Waals surface area contributed by atoms with Crippen molar-refractivity contribution in [3.8, 4) is 0 Å². The predicted molar refractivity (Wildman–Crippen MR) is 65.0 cm³/mol. The molecule has 0 saturated heterocycles. The van der Waals surface area contributed by atoms with Crippen LogP contribution in [0.1, 0.15) is 43.9 Å². The highest BCUT2D eigenvalue weighted by Crippen LogP contribution is 2.26. The van der Waals surface area contributed by atoms with Gasteiger partial charge in [0.2, 0.25) is 0 Å². The van der Waals surface area contributed by atoms with Crippen LogP contribution in [0.2, 0.25) is 0 Å². The summed E-state index contributed by atoms with van der Waals surface area (Å²) in [5.74, 6) is 0.992. The van der Waals surface area contributed by atoms with E-state index in [4.69, 9.17) is 0 Å². The van der Waals surface area contributed by atoms with Gasteiger partial charge in [-0.05, 0) is 31.6 Å². The van der Waals surface area contributed by atoms with Crippen molar-refractivity contribution in [2.24, 2.45) is 5.92 Å². The van der Waals surface area contributed by atoms with Crippen molar-refractivity contribution in [2.75, 3.05) is 0 Å². The van der Waals surface area contributed by atoms with Crippen molar-refractivity contribution < 1.29 is 0 Å². The number of rotatable bonds is 4. The minimum atomic E-state index is 0.745. The topological polar surface area (TPSA) is 24.9 Å². The summed E-state index contributed by atoms with van der Waals surface area (Å²) in [5.41, 5.74) is 1.91.